The van der Waals surface area contributed by atoms with Gasteiger partial charge in [-0.25, -0.2) is 4.98 Å². The highest BCUT2D eigenvalue weighted by molar-refractivity contribution is 7.14. The van der Waals surface area contributed by atoms with Crippen LogP contribution in [0.25, 0.3) is 0 Å². The lowest BCUT2D eigenvalue weighted by Gasteiger charge is -2.17. The molecule has 4 nitrogen and oxygen atoms in total. The third kappa shape index (κ3) is 3.57. The summed E-state index contributed by atoms with van der Waals surface area (Å²) < 4.78 is 0. The fourth-order valence-electron chi connectivity index (χ4n) is 1.44. The number of aryl methyl sites for hydroxylation is 1. The molecule has 5 heteroatoms. The van der Waals surface area contributed by atoms with Gasteiger partial charge >= 0.3 is 0 Å². The largest absolute Gasteiger partial charge is 0.320 e. The van der Waals surface area contributed by atoms with Crippen LogP contribution in [0.5, 0.6) is 0 Å². The summed E-state index contributed by atoms with van der Waals surface area (Å²) in [5.74, 6) is 0.159. The number of aromatic nitrogens is 1. The van der Waals surface area contributed by atoms with Crippen LogP contribution < -0.4 is 10.2 Å². The van der Waals surface area contributed by atoms with Crippen LogP contribution in [0.4, 0.5) is 5.13 Å². The lowest BCUT2D eigenvalue weighted by molar-refractivity contribution is -0.118. The molecule has 0 bridgehead atoms. The molecule has 1 aromatic rings. The zero-order valence-corrected chi connectivity index (χ0v) is 10.9. The zero-order valence-electron chi connectivity index (χ0n) is 10.1. The van der Waals surface area contributed by atoms with Crippen molar-refractivity contribution in [2.45, 2.75) is 26.7 Å². The maximum Gasteiger partial charge on any atom is 0.228 e. The van der Waals surface area contributed by atoms with Crippen molar-refractivity contribution in [1.29, 1.82) is 0 Å². The van der Waals surface area contributed by atoms with E-state index < -0.39 is 0 Å². The van der Waals surface area contributed by atoms with E-state index in [2.05, 4.69) is 10.3 Å². The number of amides is 1. The molecule has 0 aliphatic rings. The molecule has 1 rings (SSSR count). The first kappa shape index (κ1) is 13.1. The smallest absolute Gasteiger partial charge is 0.228 e. The average Bonchev–Trinajstić information content (AvgIpc) is 2.66. The SMILES string of the molecule is CCN(C(=O)CCCNC)c1nc(C)cs1. The van der Waals surface area contributed by atoms with Gasteiger partial charge in [0.2, 0.25) is 5.91 Å². The van der Waals surface area contributed by atoms with Gasteiger partial charge in [-0.2, -0.15) is 0 Å². The summed E-state index contributed by atoms with van der Waals surface area (Å²) in [7, 11) is 1.90. The molecule has 1 heterocycles. The quantitative estimate of drug-likeness (QED) is 0.773. The monoisotopic (exact) mass is 241 g/mol. The second-order valence-electron chi connectivity index (χ2n) is 3.62. The Hall–Kier alpha value is -0.940. The van der Waals surface area contributed by atoms with E-state index in [9.17, 15) is 4.79 Å². The van der Waals surface area contributed by atoms with Crippen LogP contribution in [0.1, 0.15) is 25.5 Å². The molecular weight excluding hydrogens is 222 g/mol. The van der Waals surface area contributed by atoms with E-state index in [1.807, 2.05) is 26.3 Å². The van der Waals surface area contributed by atoms with Gasteiger partial charge < -0.3 is 5.32 Å². The zero-order chi connectivity index (χ0) is 12.0. The summed E-state index contributed by atoms with van der Waals surface area (Å²) >= 11 is 1.53. The summed E-state index contributed by atoms with van der Waals surface area (Å²) in [4.78, 5) is 18.0. The van der Waals surface area contributed by atoms with Crippen molar-refractivity contribution in [3.05, 3.63) is 11.1 Å². The Morgan fingerprint density at radius 1 is 1.62 bits per heavy atom. The van der Waals surface area contributed by atoms with Crippen LogP contribution in [0.2, 0.25) is 0 Å². The van der Waals surface area contributed by atoms with E-state index in [-0.39, 0.29) is 5.91 Å². The number of carbonyl (C=O) groups excluding carboxylic acids is 1. The first-order valence-electron chi connectivity index (χ1n) is 5.56. The first-order chi connectivity index (χ1) is 7.69. The van der Waals surface area contributed by atoms with Crippen molar-refractivity contribution in [3.63, 3.8) is 0 Å². The minimum absolute atomic E-state index is 0.159. The third-order valence-corrected chi connectivity index (χ3v) is 3.25. The predicted octanol–water partition coefficient (Wildman–Crippen LogP) is 1.80. The molecule has 90 valence electrons. The number of hydrogen-bond donors (Lipinski definition) is 1. The summed E-state index contributed by atoms with van der Waals surface area (Å²) in [5.41, 5.74) is 0.974. The lowest BCUT2D eigenvalue weighted by Crippen LogP contribution is -2.30. The van der Waals surface area contributed by atoms with E-state index in [0.717, 1.165) is 23.8 Å². The Labute approximate surface area is 101 Å². The number of nitrogens with one attached hydrogen (secondary N) is 1. The van der Waals surface area contributed by atoms with Gasteiger partial charge in [-0.15, -0.1) is 11.3 Å². The highest BCUT2D eigenvalue weighted by atomic mass is 32.1. The number of thiazole rings is 1. The van der Waals surface area contributed by atoms with Crippen molar-refractivity contribution in [2.75, 3.05) is 25.0 Å². The minimum atomic E-state index is 0.159. The molecular formula is C11H19N3OS. The van der Waals surface area contributed by atoms with Gasteiger partial charge in [-0.05, 0) is 33.9 Å². The van der Waals surface area contributed by atoms with Crippen LogP contribution in [-0.4, -0.2) is 31.0 Å². The predicted molar refractivity (Wildman–Crippen MR) is 68.0 cm³/mol. The van der Waals surface area contributed by atoms with Crippen molar-refractivity contribution in [1.82, 2.24) is 10.3 Å². The maximum atomic E-state index is 11.9. The molecule has 0 fully saturated rings. The molecule has 0 unspecified atom stereocenters. The van der Waals surface area contributed by atoms with Crippen molar-refractivity contribution >= 4 is 22.4 Å². The van der Waals surface area contributed by atoms with Gasteiger partial charge in [0.1, 0.15) is 0 Å². The minimum Gasteiger partial charge on any atom is -0.320 e. The summed E-state index contributed by atoms with van der Waals surface area (Å²) in [6.45, 7) is 5.48. The van der Waals surface area contributed by atoms with E-state index in [4.69, 9.17) is 0 Å². The highest BCUT2D eigenvalue weighted by Gasteiger charge is 2.15. The number of anilines is 1. The van der Waals surface area contributed by atoms with Crippen molar-refractivity contribution in [2.24, 2.45) is 0 Å². The standard InChI is InChI=1S/C11H19N3OS/c1-4-14(10(15)6-5-7-12-3)11-13-9(2)8-16-11/h8,12H,4-7H2,1-3H3. The number of hydrogen-bond acceptors (Lipinski definition) is 4. The normalized spacial score (nSPS) is 10.4. The second kappa shape index (κ2) is 6.60. The highest BCUT2D eigenvalue weighted by Crippen LogP contribution is 2.20. The van der Waals surface area contributed by atoms with Crippen LogP contribution in [0.15, 0.2) is 5.38 Å². The Kier molecular flexibility index (Phi) is 5.42. The number of rotatable bonds is 6. The van der Waals surface area contributed by atoms with Crippen LogP contribution in [0.3, 0.4) is 0 Å². The number of nitrogens with zero attached hydrogens (tertiary/aromatic N) is 2. The average molecular weight is 241 g/mol. The topological polar surface area (TPSA) is 45.2 Å². The van der Waals surface area contributed by atoms with E-state index in [1.165, 1.54) is 11.3 Å². The van der Waals surface area contributed by atoms with Crippen molar-refractivity contribution in [3.8, 4) is 0 Å². The van der Waals surface area contributed by atoms with Gasteiger partial charge in [-0.1, -0.05) is 0 Å². The Morgan fingerprint density at radius 3 is 2.88 bits per heavy atom. The summed E-state index contributed by atoms with van der Waals surface area (Å²) in [6, 6.07) is 0. The second-order valence-corrected chi connectivity index (χ2v) is 4.45. The van der Waals surface area contributed by atoms with Gasteiger partial charge in [-0.3, -0.25) is 9.69 Å². The van der Waals surface area contributed by atoms with Gasteiger partial charge in [0, 0.05) is 18.3 Å². The summed E-state index contributed by atoms with van der Waals surface area (Å²) in [5, 5.41) is 5.83. The third-order valence-electron chi connectivity index (χ3n) is 2.27. The lowest BCUT2D eigenvalue weighted by atomic mass is 10.3. The molecule has 0 aliphatic carbocycles. The van der Waals surface area contributed by atoms with E-state index in [0.29, 0.717) is 13.0 Å². The molecule has 0 aliphatic heterocycles. The van der Waals surface area contributed by atoms with Gasteiger partial charge in [0.25, 0.3) is 0 Å². The molecule has 1 amide bonds. The molecule has 16 heavy (non-hydrogen) atoms. The molecule has 0 spiro atoms. The van der Waals surface area contributed by atoms with E-state index >= 15 is 0 Å². The van der Waals surface area contributed by atoms with Gasteiger partial charge in [0.15, 0.2) is 5.13 Å². The fourth-order valence-corrected chi connectivity index (χ4v) is 2.32. The number of carbonyl (C=O) groups is 1. The van der Waals surface area contributed by atoms with Crippen LogP contribution >= 0.6 is 11.3 Å². The Balaban J connectivity index is 2.56. The summed E-state index contributed by atoms with van der Waals surface area (Å²) in [6.07, 6.45) is 1.45. The van der Waals surface area contributed by atoms with Crippen LogP contribution in [0, 0.1) is 6.92 Å². The maximum absolute atomic E-state index is 11.9. The molecule has 0 saturated heterocycles. The molecule has 0 radical (unpaired) electrons. The Bertz CT molecular complexity index is 338. The first-order valence-corrected chi connectivity index (χ1v) is 6.44. The Morgan fingerprint density at radius 2 is 2.38 bits per heavy atom. The molecule has 0 saturated carbocycles. The van der Waals surface area contributed by atoms with Gasteiger partial charge in [0.05, 0.1) is 5.69 Å². The van der Waals surface area contributed by atoms with E-state index in [1.54, 1.807) is 4.90 Å². The molecule has 0 atom stereocenters. The molecule has 0 aromatic carbocycles. The molecule has 1 N–H and O–H groups in total. The van der Waals surface area contributed by atoms with Crippen LogP contribution in [-0.2, 0) is 4.79 Å². The fraction of sp³-hybridized carbons (Fsp3) is 0.636. The van der Waals surface area contributed by atoms with Crippen molar-refractivity contribution < 1.29 is 4.79 Å². The molecule has 1 aromatic heterocycles.